The highest BCUT2D eigenvalue weighted by Gasteiger charge is 2.09. The first-order valence-electron chi connectivity index (χ1n) is 5.97. The van der Waals surface area contributed by atoms with Crippen LogP contribution in [0.2, 0.25) is 0 Å². The number of nitrogens with zero attached hydrogens (tertiary/aromatic N) is 1. The first kappa shape index (κ1) is 13.6. The highest BCUT2D eigenvalue weighted by atomic mass is 16.5. The van der Waals surface area contributed by atoms with Crippen LogP contribution in [0.15, 0.2) is 36.4 Å². The van der Waals surface area contributed by atoms with Gasteiger partial charge >= 0.3 is 0 Å². The van der Waals surface area contributed by atoms with Gasteiger partial charge in [0.1, 0.15) is 11.5 Å². The predicted octanol–water partition coefficient (Wildman–Crippen LogP) is 2.90. The largest absolute Gasteiger partial charge is 0.495 e. The number of para-hydroxylation sites is 1. The summed E-state index contributed by atoms with van der Waals surface area (Å²) in [5.41, 5.74) is 8.50. The van der Waals surface area contributed by atoms with E-state index in [9.17, 15) is 0 Å². The van der Waals surface area contributed by atoms with E-state index in [1.165, 1.54) is 0 Å². The maximum atomic E-state index is 8.89. The normalized spacial score (nSPS) is 9.65. The Labute approximate surface area is 117 Å². The van der Waals surface area contributed by atoms with Gasteiger partial charge in [0, 0.05) is 6.07 Å². The van der Waals surface area contributed by atoms with E-state index in [1.807, 2.05) is 12.1 Å². The minimum Gasteiger partial charge on any atom is -0.495 e. The lowest BCUT2D eigenvalue weighted by Gasteiger charge is -2.14. The van der Waals surface area contributed by atoms with Crippen LogP contribution in [0.25, 0.3) is 0 Å². The number of nitrogen functional groups attached to an aromatic ring is 1. The van der Waals surface area contributed by atoms with Crippen LogP contribution in [0.3, 0.4) is 0 Å². The van der Waals surface area contributed by atoms with Gasteiger partial charge in [-0.05, 0) is 24.3 Å². The molecule has 0 fully saturated rings. The minimum absolute atomic E-state index is 0.515. The highest BCUT2D eigenvalue weighted by molar-refractivity contribution is 5.79. The van der Waals surface area contributed by atoms with Crippen LogP contribution >= 0.6 is 0 Å². The minimum atomic E-state index is 0.515. The lowest BCUT2D eigenvalue weighted by Crippen LogP contribution is -2.00. The van der Waals surface area contributed by atoms with Gasteiger partial charge in [0.25, 0.3) is 0 Å². The molecule has 2 aromatic carbocycles. The van der Waals surface area contributed by atoms with Crippen LogP contribution in [0.1, 0.15) is 5.56 Å². The molecule has 0 saturated heterocycles. The van der Waals surface area contributed by atoms with E-state index >= 15 is 0 Å². The molecule has 0 aliphatic carbocycles. The van der Waals surface area contributed by atoms with Gasteiger partial charge in [0.2, 0.25) is 0 Å². The predicted molar refractivity (Wildman–Crippen MR) is 78.4 cm³/mol. The molecule has 2 aromatic rings. The zero-order valence-corrected chi connectivity index (χ0v) is 11.3. The Hall–Kier alpha value is -2.87. The van der Waals surface area contributed by atoms with Crippen molar-refractivity contribution >= 4 is 17.1 Å². The number of nitriles is 1. The van der Waals surface area contributed by atoms with Gasteiger partial charge in [0.05, 0.1) is 42.9 Å². The first-order valence-corrected chi connectivity index (χ1v) is 5.97. The third-order valence-electron chi connectivity index (χ3n) is 2.89. The summed E-state index contributed by atoms with van der Waals surface area (Å²) in [6, 6.07) is 12.7. The zero-order valence-electron chi connectivity index (χ0n) is 11.3. The van der Waals surface area contributed by atoms with Crippen molar-refractivity contribution in [2.75, 3.05) is 25.3 Å². The van der Waals surface area contributed by atoms with E-state index in [4.69, 9.17) is 20.5 Å². The van der Waals surface area contributed by atoms with Gasteiger partial charge < -0.3 is 20.5 Å². The van der Waals surface area contributed by atoms with Crippen LogP contribution in [0.5, 0.6) is 11.5 Å². The number of anilines is 3. The van der Waals surface area contributed by atoms with E-state index < -0.39 is 0 Å². The summed E-state index contributed by atoms with van der Waals surface area (Å²) in [4.78, 5) is 0. The first-order chi connectivity index (χ1) is 9.69. The summed E-state index contributed by atoms with van der Waals surface area (Å²) in [5, 5.41) is 12.1. The molecular weight excluding hydrogens is 254 g/mol. The standard InChI is InChI=1S/C15H15N3O2/c1-19-13-5-3-4-12(15(13)17)18-11-7-6-10(9-16)8-14(11)20-2/h3-8,18H,17H2,1-2H3. The third-order valence-corrected chi connectivity index (χ3v) is 2.89. The molecule has 0 unspecified atom stereocenters. The van der Waals surface area contributed by atoms with Crippen molar-refractivity contribution in [3.8, 4) is 17.6 Å². The van der Waals surface area contributed by atoms with Crippen LogP contribution < -0.4 is 20.5 Å². The number of ether oxygens (including phenoxy) is 2. The van der Waals surface area contributed by atoms with Crippen molar-refractivity contribution in [3.05, 3.63) is 42.0 Å². The molecule has 0 radical (unpaired) electrons. The fraction of sp³-hybridized carbons (Fsp3) is 0.133. The summed E-state index contributed by atoms with van der Waals surface area (Å²) in [7, 11) is 3.12. The summed E-state index contributed by atoms with van der Waals surface area (Å²) in [5.74, 6) is 1.17. The lowest BCUT2D eigenvalue weighted by molar-refractivity contribution is 0.416. The molecule has 0 heterocycles. The number of nitrogens with one attached hydrogen (secondary N) is 1. The van der Waals surface area contributed by atoms with Crippen molar-refractivity contribution in [3.63, 3.8) is 0 Å². The van der Waals surface area contributed by atoms with Gasteiger partial charge in [-0.1, -0.05) is 6.07 Å². The second-order valence-corrected chi connectivity index (χ2v) is 4.07. The Morgan fingerprint density at radius 3 is 2.45 bits per heavy atom. The third kappa shape index (κ3) is 2.59. The van der Waals surface area contributed by atoms with E-state index in [0.29, 0.717) is 28.4 Å². The molecule has 0 amide bonds. The second kappa shape index (κ2) is 5.85. The van der Waals surface area contributed by atoms with Gasteiger partial charge in [-0.2, -0.15) is 5.26 Å². The average Bonchev–Trinajstić information content (AvgIpc) is 2.49. The Balaban J connectivity index is 2.38. The molecule has 2 rings (SSSR count). The van der Waals surface area contributed by atoms with Crippen molar-refractivity contribution in [1.29, 1.82) is 5.26 Å². The Bertz CT molecular complexity index is 663. The molecule has 0 aliphatic rings. The van der Waals surface area contributed by atoms with Crippen LogP contribution in [-0.4, -0.2) is 14.2 Å². The number of hydrogen-bond acceptors (Lipinski definition) is 5. The van der Waals surface area contributed by atoms with Crippen molar-refractivity contribution in [1.82, 2.24) is 0 Å². The van der Waals surface area contributed by atoms with Crippen LogP contribution in [0, 0.1) is 11.3 Å². The summed E-state index contributed by atoms with van der Waals surface area (Å²) < 4.78 is 10.4. The second-order valence-electron chi connectivity index (χ2n) is 4.07. The summed E-state index contributed by atoms with van der Waals surface area (Å²) >= 11 is 0. The van der Waals surface area contributed by atoms with Gasteiger partial charge in [-0.3, -0.25) is 0 Å². The molecule has 0 spiro atoms. The number of benzene rings is 2. The van der Waals surface area contributed by atoms with Gasteiger partial charge in [0.15, 0.2) is 0 Å². The lowest BCUT2D eigenvalue weighted by atomic mass is 10.2. The summed E-state index contributed by atoms with van der Waals surface area (Å²) in [6.07, 6.45) is 0. The molecule has 3 N–H and O–H groups in total. The molecule has 0 saturated carbocycles. The van der Waals surface area contributed by atoms with Crippen LogP contribution in [-0.2, 0) is 0 Å². The molecule has 5 nitrogen and oxygen atoms in total. The number of methoxy groups -OCH3 is 2. The monoisotopic (exact) mass is 269 g/mol. The van der Waals surface area contributed by atoms with Crippen molar-refractivity contribution < 1.29 is 9.47 Å². The quantitative estimate of drug-likeness (QED) is 0.834. The molecule has 0 aliphatic heterocycles. The van der Waals surface area contributed by atoms with Crippen LogP contribution in [0.4, 0.5) is 17.1 Å². The number of nitrogens with two attached hydrogens (primary N) is 1. The zero-order chi connectivity index (χ0) is 14.5. The van der Waals surface area contributed by atoms with E-state index in [1.54, 1.807) is 38.5 Å². The molecule has 0 aromatic heterocycles. The Morgan fingerprint density at radius 2 is 1.80 bits per heavy atom. The topological polar surface area (TPSA) is 80.3 Å². The molecule has 102 valence electrons. The number of rotatable bonds is 4. The fourth-order valence-electron chi connectivity index (χ4n) is 1.84. The fourth-order valence-corrected chi connectivity index (χ4v) is 1.84. The highest BCUT2D eigenvalue weighted by Crippen LogP contribution is 2.34. The average molecular weight is 269 g/mol. The molecule has 0 atom stereocenters. The molecule has 5 heteroatoms. The maximum Gasteiger partial charge on any atom is 0.143 e. The van der Waals surface area contributed by atoms with E-state index in [0.717, 1.165) is 5.69 Å². The number of hydrogen-bond donors (Lipinski definition) is 2. The molecule has 0 bridgehead atoms. The molecular formula is C15H15N3O2. The van der Waals surface area contributed by atoms with Crippen molar-refractivity contribution in [2.24, 2.45) is 0 Å². The summed E-state index contributed by atoms with van der Waals surface area (Å²) in [6.45, 7) is 0. The van der Waals surface area contributed by atoms with Gasteiger partial charge in [-0.15, -0.1) is 0 Å². The SMILES string of the molecule is COc1cc(C#N)ccc1Nc1cccc(OC)c1N. The Morgan fingerprint density at radius 1 is 1.05 bits per heavy atom. The van der Waals surface area contributed by atoms with Gasteiger partial charge in [-0.25, -0.2) is 0 Å². The molecule has 20 heavy (non-hydrogen) atoms. The van der Waals surface area contributed by atoms with Crippen molar-refractivity contribution in [2.45, 2.75) is 0 Å². The maximum absolute atomic E-state index is 8.89. The van der Waals surface area contributed by atoms with E-state index in [2.05, 4.69) is 11.4 Å². The Kier molecular flexibility index (Phi) is 3.96. The van der Waals surface area contributed by atoms with E-state index in [-0.39, 0.29) is 0 Å². The smallest absolute Gasteiger partial charge is 0.143 e.